The van der Waals surface area contributed by atoms with E-state index in [0.29, 0.717) is 24.7 Å². The van der Waals surface area contributed by atoms with Crippen LogP contribution in [-0.4, -0.2) is 18.2 Å². The zero-order chi connectivity index (χ0) is 13.3. The molecule has 2 aromatic rings. The van der Waals surface area contributed by atoms with E-state index in [9.17, 15) is 0 Å². The number of rotatable bonds is 6. The normalized spacial score (nSPS) is 9.63. The summed E-state index contributed by atoms with van der Waals surface area (Å²) < 4.78 is 11.0. The third-order valence-corrected chi connectivity index (χ3v) is 2.43. The fourth-order valence-electron chi connectivity index (χ4n) is 1.53. The molecule has 2 rings (SSSR count). The van der Waals surface area contributed by atoms with Crippen molar-refractivity contribution in [1.29, 1.82) is 5.26 Å². The molecule has 0 atom stereocenters. The molecule has 0 N–H and O–H groups in total. The van der Waals surface area contributed by atoms with Crippen molar-refractivity contribution in [2.24, 2.45) is 0 Å². The fraction of sp³-hybridized carbons (Fsp3) is 0.200. The molecule has 96 valence electrons. The maximum Gasteiger partial charge on any atom is 0.231 e. The van der Waals surface area contributed by atoms with E-state index in [2.05, 4.69) is 4.98 Å². The highest BCUT2D eigenvalue weighted by Gasteiger charge is 2.02. The lowest BCUT2D eigenvalue weighted by atomic mass is 10.3. The minimum Gasteiger partial charge on any atom is -0.493 e. The van der Waals surface area contributed by atoms with Crippen LogP contribution in [0, 0.1) is 11.3 Å². The maximum atomic E-state index is 8.88. The molecule has 1 aromatic carbocycles. The Morgan fingerprint density at radius 1 is 1.00 bits per heavy atom. The van der Waals surface area contributed by atoms with E-state index in [1.165, 1.54) is 0 Å². The third kappa shape index (κ3) is 4.00. The molecular formula is C15H14N2O2. The van der Waals surface area contributed by atoms with Gasteiger partial charge in [-0.25, -0.2) is 4.98 Å². The van der Waals surface area contributed by atoms with Crippen molar-refractivity contribution in [3.8, 4) is 17.7 Å². The van der Waals surface area contributed by atoms with Crippen molar-refractivity contribution < 1.29 is 9.47 Å². The van der Waals surface area contributed by atoms with Crippen LogP contribution in [0.25, 0.3) is 0 Å². The summed E-state index contributed by atoms with van der Waals surface area (Å²) in [5.41, 5.74) is 0.450. The SMILES string of the molecule is N#Cc1cccnc1OCCCOc1ccccc1. The quantitative estimate of drug-likeness (QED) is 0.744. The molecule has 19 heavy (non-hydrogen) atoms. The molecule has 0 saturated heterocycles. The smallest absolute Gasteiger partial charge is 0.231 e. The molecular weight excluding hydrogens is 240 g/mol. The summed E-state index contributed by atoms with van der Waals surface area (Å²) in [5.74, 6) is 1.22. The van der Waals surface area contributed by atoms with Crippen LogP contribution in [0.15, 0.2) is 48.7 Å². The summed E-state index contributed by atoms with van der Waals surface area (Å²) in [6.07, 6.45) is 2.34. The molecule has 0 fully saturated rings. The second-order valence-corrected chi connectivity index (χ2v) is 3.83. The van der Waals surface area contributed by atoms with Gasteiger partial charge < -0.3 is 9.47 Å². The molecule has 1 heterocycles. The Bertz CT molecular complexity index is 550. The maximum absolute atomic E-state index is 8.88. The topological polar surface area (TPSA) is 55.1 Å². The number of hydrogen-bond acceptors (Lipinski definition) is 4. The lowest BCUT2D eigenvalue weighted by Gasteiger charge is -2.07. The van der Waals surface area contributed by atoms with Gasteiger partial charge in [0.2, 0.25) is 5.88 Å². The molecule has 0 amide bonds. The minimum atomic E-state index is 0.379. The molecule has 0 spiro atoms. The molecule has 4 nitrogen and oxygen atoms in total. The Hall–Kier alpha value is -2.54. The summed E-state index contributed by atoms with van der Waals surface area (Å²) in [5, 5.41) is 8.88. The van der Waals surface area contributed by atoms with E-state index in [-0.39, 0.29) is 0 Å². The van der Waals surface area contributed by atoms with Crippen molar-refractivity contribution in [1.82, 2.24) is 4.98 Å². The average molecular weight is 254 g/mol. The third-order valence-electron chi connectivity index (χ3n) is 2.43. The van der Waals surface area contributed by atoms with E-state index >= 15 is 0 Å². The highest BCUT2D eigenvalue weighted by atomic mass is 16.5. The van der Waals surface area contributed by atoms with Crippen LogP contribution in [-0.2, 0) is 0 Å². The van der Waals surface area contributed by atoms with Gasteiger partial charge in [-0.15, -0.1) is 0 Å². The van der Waals surface area contributed by atoms with Gasteiger partial charge >= 0.3 is 0 Å². The first-order valence-corrected chi connectivity index (χ1v) is 6.06. The fourth-order valence-corrected chi connectivity index (χ4v) is 1.53. The van der Waals surface area contributed by atoms with Gasteiger partial charge in [0, 0.05) is 12.6 Å². The average Bonchev–Trinajstić information content (AvgIpc) is 2.48. The summed E-state index contributed by atoms with van der Waals surface area (Å²) in [7, 11) is 0. The van der Waals surface area contributed by atoms with Gasteiger partial charge in [0.1, 0.15) is 17.4 Å². The lowest BCUT2D eigenvalue weighted by molar-refractivity contribution is 0.242. The minimum absolute atomic E-state index is 0.379. The first-order chi connectivity index (χ1) is 9.40. The van der Waals surface area contributed by atoms with E-state index in [0.717, 1.165) is 12.2 Å². The molecule has 0 aliphatic heterocycles. The molecule has 1 aromatic heterocycles. The Morgan fingerprint density at radius 3 is 2.58 bits per heavy atom. The highest BCUT2D eigenvalue weighted by molar-refractivity contribution is 5.36. The summed E-state index contributed by atoms with van der Waals surface area (Å²) in [6, 6.07) is 15.1. The van der Waals surface area contributed by atoms with Crippen LogP contribution in [0.4, 0.5) is 0 Å². The standard InChI is InChI=1S/C15H14N2O2/c16-12-13-6-4-9-17-15(13)19-11-5-10-18-14-7-2-1-3-8-14/h1-4,6-9H,5,10-11H2. The molecule has 0 radical (unpaired) electrons. The van der Waals surface area contributed by atoms with Gasteiger partial charge in [-0.1, -0.05) is 18.2 Å². The monoisotopic (exact) mass is 254 g/mol. The van der Waals surface area contributed by atoms with Crippen LogP contribution in [0.2, 0.25) is 0 Å². The largest absolute Gasteiger partial charge is 0.493 e. The molecule has 0 saturated carbocycles. The lowest BCUT2D eigenvalue weighted by Crippen LogP contribution is -2.06. The van der Waals surface area contributed by atoms with Crippen LogP contribution >= 0.6 is 0 Å². The summed E-state index contributed by atoms with van der Waals surface area (Å²) >= 11 is 0. The number of para-hydroxylation sites is 1. The van der Waals surface area contributed by atoms with E-state index < -0.39 is 0 Å². The number of pyridine rings is 1. The molecule has 0 aliphatic carbocycles. The van der Waals surface area contributed by atoms with Crippen molar-refractivity contribution >= 4 is 0 Å². The van der Waals surface area contributed by atoms with Gasteiger partial charge in [0.25, 0.3) is 0 Å². The predicted molar refractivity (Wildman–Crippen MR) is 71.0 cm³/mol. The van der Waals surface area contributed by atoms with Crippen LogP contribution < -0.4 is 9.47 Å². The zero-order valence-corrected chi connectivity index (χ0v) is 10.5. The highest BCUT2D eigenvalue weighted by Crippen LogP contribution is 2.13. The molecule has 0 unspecified atom stereocenters. The molecule has 0 bridgehead atoms. The van der Waals surface area contributed by atoms with Gasteiger partial charge in [-0.2, -0.15) is 5.26 Å². The number of nitrogens with zero attached hydrogens (tertiary/aromatic N) is 2. The van der Waals surface area contributed by atoms with Gasteiger partial charge in [0.15, 0.2) is 0 Å². The first-order valence-electron chi connectivity index (χ1n) is 6.06. The Morgan fingerprint density at radius 2 is 1.79 bits per heavy atom. The van der Waals surface area contributed by atoms with Crippen molar-refractivity contribution in [2.45, 2.75) is 6.42 Å². The number of benzene rings is 1. The molecule has 0 aliphatic rings. The number of hydrogen-bond donors (Lipinski definition) is 0. The van der Waals surface area contributed by atoms with Crippen LogP contribution in [0.5, 0.6) is 11.6 Å². The van der Waals surface area contributed by atoms with Crippen molar-refractivity contribution in [3.05, 3.63) is 54.2 Å². The Balaban J connectivity index is 1.71. The van der Waals surface area contributed by atoms with Gasteiger partial charge in [0.05, 0.1) is 13.2 Å². The van der Waals surface area contributed by atoms with Crippen molar-refractivity contribution in [3.63, 3.8) is 0 Å². The van der Waals surface area contributed by atoms with E-state index in [4.69, 9.17) is 14.7 Å². The predicted octanol–water partition coefficient (Wildman–Crippen LogP) is 2.80. The zero-order valence-electron chi connectivity index (χ0n) is 10.5. The second-order valence-electron chi connectivity index (χ2n) is 3.83. The van der Waals surface area contributed by atoms with E-state index in [1.54, 1.807) is 18.3 Å². The van der Waals surface area contributed by atoms with Crippen LogP contribution in [0.3, 0.4) is 0 Å². The van der Waals surface area contributed by atoms with Gasteiger partial charge in [-0.05, 0) is 24.3 Å². The number of aromatic nitrogens is 1. The van der Waals surface area contributed by atoms with Gasteiger partial charge in [-0.3, -0.25) is 0 Å². The second kappa shape index (κ2) is 7.02. The van der Waals surface area contributed by atoms with Crippen molar-refractivity contribution in [2.75, 3.05) is 13.2 Å². The Labute approximate surface area is 112 Å². The molecule has 4 heteroatoms. The summed E-state index contributed by atoms with van der Waals surface area (Å²) in [4.78, 5) is 4.02. The number of nitriles is 1. The van der Waals surface area contributed by atoms with Crippen LogP contribution in [0.1, 0.15) is 12.0 Å². The summed E-state index contributed by atoms with van der Waals surface area (Å²) in [6.45, 7) is 1.04. The Kier molecular flexibility index (Phi) is 4.77. The number of ether oxygens (including phenoxy) is 2. The van der Waals surface area contributed by atoms with E-state index in [1.807, 2.05) is 36.4 Å². The first kappa shape index (κ1) is 12.9.